The van der Waals surface area contributed by atoms with Gasteiger partial charge in [-0.1, -0.05) is 49.7 Å². The average Bonchev–Trinajstić information content (AvgIpc) is 2.85. The largest absolute Gasteiger partial charge is 0.497 e. The van der Waals surface area contributed by atoms with Crippen LogP contribution in [0.2, 0.25) is 5.02 Å². The Hall–Kier alpha value is -2.78. The number of carbonyl (C=O) groups is 2. The van der Waals surface area contributed by atoms with Crippen LogP contribution >= 0.6 is 11.6 Å². The summed E-state index contributed by atoms with van der Waals surface area (Å²) < 4.78 is 31.4. The molecule has 2 amide bonds. The fourth-order valence-electron chi connectivity index (χ4n) is 3.87. The molecular formula is C26H36ClN3O5S. The summed E-state index contributed by atoms with van der Waals surface area (Å²) >= 11 is 6.35. The molecule has 0 fully saturated rings. The van der Waals surface area contributed by atoms with Crippen LogP contribution in [-0.4, -0.2) is 57.6 Å². The fraction of sp³-hybridized carbons (Fsp3) is 0.462. The number of methoxy groups -OCH3 is 1. The van der Waals surface area contributed by atoms with Crippen molar-refractivity contribution in [2.45, 2.75) is 52.1 Å². The van der Waals surface area contributed by atoms with Gasteiger partial charge in [-0.25, -0.2) is 8.42 Å². The summed E-state index contributed by atoms with van der Waals surface area (Å²) in [5.41, 5.74) is 1.20. The van der Waals surface area contributed by atoms with Gasteiger partial charge in [0.1, 0.15) is 11.8 Å². The predicted octanol–water partition coefficient (Wildman–Crippen LogP) is 4.23. The Labute approximate surface area is 219 Å². The maximum atomic E-state index is 13.4. The van der Waals surface area contributed by atoms with Gasteiger partial charge in [0.2, 0.25) is 21.8 Å². The molecule has 2 aromatic rings. The highest BCUT2D eigenvalue weighted by molar-refractivity contribution is 7.92. The van der Waals surface area contributed by atoms with E-state index in [1.165, 1.54) is 11.4 Å². The Kier molecular flexibility index (Phi) is 11.5. The molecule has 0 saturated carbocycles. The molecule has 36 heavy (non-hydrogen) atoms. The molecule has 198 valence electrons. The van der Waals surface area contributed by atoms with Crippen molar-refractivity contribution in [1.29, 1.82) is 0 Å². The van der Waals surface area contributed by atoms with Crippen molar-refractivity contribution in [2.24, 2.45) is 0 Å². The van der Waals surface area contributed by atoms with E-state index in [2.05, 4.69) is 5.32 Å². The molecule has 0 aromatic heterocycles. The molecule has 8 nitrogen and oxygen atoms in total. The van der Waals surface area contributed by atoms with E-state index in [-0.39, 0.29) is 37.7 Å². The Balaban J connectivity index is 2.22. The van der Waals surface area contributed by atoms with Crippen LogP contribution in [0.25, 0.3) is 0 Å². The zero-order chi connectivity index (χ0) is 26.7. The van der Waals surface area contributed by atoms with E-state index in [4.69, 9.17) is 16.3 Å². The lowest BCUT2D eigenvalue weighted by Crippen LogP contribution is -2.49. The molecule has 10 heteroatoms. The average molecular weight is 538 g/mol. The minimum Gasteiger partial charge on any atom is -0.497 e. The third-order valence-electron chi connectivity index (χ3n) is 5.73. The summed E-state index contributed by atoms with van der Waals surface area (Å²) in [4.78, 5) is 27.8. The Morgan fingerprint density at radius 3 is 2.44 bits per heavy atom. The molecule has 0 spiro atoms. The van der Waals surface area contributed by atoms with Crippen LogP contribution < -0.4 is 14.4 Å². The third kappa shape index (κ3) is 8.41. The van der Waals surface area contributed by atoms with E-state index >= 15 is 0 Å². The van der Waals surface area contributed by atoms with Crippen LogP contribution in [0.1, 0.15) is 45.1 Å². The molecule has 0 bridgehead atoms. The molecule has 0 aliphatic rings. The van der Waals surface area contributed by atoms with Gasteiger partial charge in [-0.2, -0.15) is 0 Å². The number of nitrogens with one attached hydrogen (secondary N) is 1. The van der Waals surface area contributed by atoms with E-state index < -0.39 is 16.1 Å². The van der Waals surface area contributed by atoms with Crippen molar-refractivity contribution >= 4 is 39.1 Å². The van der Waals surface area contributed by atoms with Crippen molar-refractivity contribution in [2.75, 3.05) is 30.8 Å². The molecule has 0 heterocycles. The van der Waals surface area contributed by atoms with Crippen molar-refractivity contribution in [3.63, 3.8) is 0 Å². The Morgan fingerprint density at radius 2 is 1.83 bits per heavy atom. The maximum absolute atomic E-state index is 13.4. The highest BCUT2D eigenvalue weighted by Gasteiger charge is 2.29. The number of rotatable bonds is 14. The van der Waals surface area contributed by atoms with E-state index in [9.17, 15) is 18.0 Å². The zero-order valence-electron chi connectivity index (χ0n) is 21.4. The van der Waals surface area contributed by atoms with Gasteiger partial charge in [0, 0.05) is 37.1 Å². The number of hydrogen-bond acceptors (Lipinski definition) is 5. The number of nitrogens with zero attached hydrogens (tertiary/aromatic N) is 2. The summed E-state index contributed by atoms with van der Waals surface area (Å²) in [6.45, 7) is 4.63. The quantitative estimate of drug-likeness (QED) is 0.389. The van der Waals surface area contributed by atoms with Gasteiger partial charge >= 0.3 is 0 Å². The van der Waals surface area contributed by atoms with E-state index in [1.54, 1.807) is 35.2 Å². The molecule has 0 aliphatic carbocycles. The minimum atomic E-state index is -3.59. The normalized spacial score (nSPS) is 12.0. The molecular weight excluding hydrogens is 502 g/mol. The molecule has 1 N–H and O–H groups in total. The first-order chi connectivity index (χ1) is 17.1. The first-order valence-corrected chi connectivity index (χ1v) is 14.3. The lowest BCUT2D eigenvalue weighted by Gasteiger charge is -2.31. The van der Waals surface area contributed by atoms with Crippen molar-refractivity contribution in [3.8, 4) is 5.75 Å². The van der Waals surface area contributed by atoms with Crippen LogP contribution in [0.3, 0.4) is 0 Å². The summed E-state index contributed by atoms with van der Waals surface area (Å²) in [6.07, 6.45) is 2.69. The van der Waals surface area contributed by atoms with Crippen LogP contribution in [0.4, 0.5) is 5.69 Å². The Bertz CT molecular complexity index is 1130. The second-order valence-electron chi connectivity index (χ2n) is 8.47. The van der Waals surface area contributed by atoms with Crippen molar-refractivity contribution < 1.29 is 22.7 Å². The van der Waals surface area contributed by atoms with Gasteiger partial charge in [-0.15, -0.1) is 0 Å². The third-order valence-corrected chi connectivity index (χ3v) is 7.29. The molecule has 2 rings (SSSR count). The highest BCUT2D eigenvalue weighted by atomic mass is 35.5. The number of benzene rings is 2. The van der Waals surface area contributed by atoms with E-state index in [0.29, 0.717) is 29.4 Å². The van der Waals surface area contributed by atoms with Gasteiger partial charge in [0.05, 0.1) is 19.1 Å². The molecule has 0 saturated heterocycles. The van der Waals surface area contributed by atoms with E-state index in [0.717, 1.165) is 18.2 Å². The van der Waals surface area contributed by atoms with Gasteiger partial charge in [-0.3, -0.25) is 13.9 Å². The van der Waals surface area contributed by atoms with Crippen molar-refractivity contribution in [3.05, 3.63) is 59.1 Å². The number of anilines is 1. The lowest BCUT2D eigenvalue weighted by molar-refractivity contribution is -0.141. The Morgan fingerprint density at radius 1 is 1.11 bits per heavy atom. The molecule has 2 aromatic carbocycles. The fourth-order valence-corrected chi connectivity index (χ4v) is 5.02. The number of hydrogen-bond donors (Lipinski definition) is 1. The monoisotopic (exact) mass is 537 g/mol. The topological polar surface area (TPSA) is 96.0 Å². The molecule has 0 unspecified atom stereocenters. The predicted molar refractivity (Wildman–Crippen MR) is 144 cm³/mol. The minimum absolute atomic E-state index is 0.0675. The SMILES string of the molecule is CCCNC(=O)[C@@H](CC)N(Cc1ccccc1Cl)C(=O)CCCN(c1cccc(OC)c1)S(C)(=O)=O. The van der Waals surface area contributed by atoms with Crippen molar-refractivity contribution in [1.82, 2.24) is 10.2 Å². The van der Waals surface area contributed by atoms with Gasteiger partial charge in [0.15, 0.2) is 0 Å². The number of ether oxygens (including phenoxy) is 1. The number of amides is 2. The first kappa shape index (κ1) is 29.5. The van der Waals surface area contributed by atoms with Gasteiger partial charge in [-0.05, 0) is 43.0 Å². The molecule has 0 radical (unpaired) electrons. The van der Waals surface area contributed by atoms with Crippen LogP contribution in [0.5, 0.6) is 5.75 Å². The van der Waals surface area contributed by atoms with Crippen LogP contribution in [0, 0.1) is 0 Å². The van der Waals surface area contributed by atoms with Crippen LogP contribution in [-0.2, 0) is 26.2 Å². The summed E-state index contributed by atoms with van der Waals surface area (Å²) in [5.74, 6) is 0.0772. The summed E-state index contributed by atoms with van der Waals surface area (Å²) in [6, 6.07) is 13.3. The lowest BCUT2D eigenvalue weighted by atomic mass is 10.1. The number of carbonyl (C=O) groups excluding carboxylic acids is 2. The summed E-state index contributed by atoms with van der Waals surface area (Å²) in [5, 5.41) is 3.39. The highest BCUT2D eigenvalue weighted by Crippen LogP contribution is 2.24. The van der Waals surface area contributed by atoms with Gasteiger partial charge < -0.3 is 15.0 Å². The second-order valence-corrected chi connectivity index (χ2v) is 10.8. The number of sulfonamides is 1. The van der Waals surface area contributed by atoms with Gasteiger partial charge in [0.25, 0.3) is 0 Å². The maximum Gasteiger partial charge on any atom is 0.242 e. The molecule has 0 aliphatic heterocycles. The standard InChI is InChI=1S/C26H36ClN3O5S/c1-5-16-28-26(32)24(6-2)29(19-20-11-7-8-14-23(20)27)25(31)15-10-17-30(36(4,33)34)21-12-9-13-22(18-21)35-3/h7-9,11-14,18,24H,5-6,10,15-17,19H2,1-4H3,(H,28,32)/t24-/m1/s1. The van der Waals surface area contributed by atoms with E-state index in [1.807, 2.05) is 32.0 Å². The molecule has 1 atom stereocenters. The second kappa shape index (κ2) is 14.1. The zero-order valence-corrected chi connectivity index (χ0v) is 22.9. The van der Waals surface area contributed by atoms with Crippen LogP contribution in [0.15, 0.2) is 48.5 Å². The number of halogens is 1. The smallest absolute Gasteiger partial charge is 0.242 e. The first-order valence-electron chi connectivity index (χ1n) is 12.0. The summed E-state index contributed by atoms with van der Waals surface area (Å²) in [7, 11) is -2.08.